The molecule has 0 spiro atoms. The number of carbonyl (C=O) groups is 1. The minimum absolute atomic E-state index is 0.174. The first kappa shape index (κ1) is 19.2. The maximum atomic E-state index is 13.4. The monoisotopic (exact) mass is 401 g/mol. The predicted octanol–water partition coefficient (Wildman–Crippen LogP) is 5.56. The van der Waals surface area contributed by atoms with E-state index in [9.17, 15) is 23.1 Å². The highest BCUT2D eigenvalue weighted by Crippen LogP contribution is 2.46. The Hall–Kier alpha value is -3.56. The second-order valence-electron chi connectivity index (χ2n) is 5.75. The summed E-state index contributed by atoms with van der Waals surface area (Å²) in [6.45, 7) is 7.20. The van der Waals surface area contributed by atoms with Gasteiger partial charge in [0.2, 0.25) is 5.69 Å². The molecule has 0 aliphatic heterocycles. The average molecular weight is 401 g/mol. The third-order valence-electron chi connectivity index (χ3n) is 4.17. The Bertz CT molecular complexity index is 1160. The number of aromatic nitrogens is 1. The van der Waals surface area contributed by atoms with Gasteiger partial charge in [-0.3, -0.25) is 0 Å². The number of carboxylic acid groups (broad SMARTS) is 1. The molecule has 2 heterocycles. The Labute approximate surface area is 161 Å². The Morgan fingerprint density at radius 3 is 2.36 bits per heavy atom. The lowest BCUT2D eigenvalue weighted by atomic mass is 10.0. The molecule has 9 heteroatoms. The van der Waals surface area contributed by atoms with Gasteiger partial charge >= 0.3 is 12.1 Å². The molecular weight excluding hydrogens is 391 g/mol. The Kier molecular flexibility index (Phi) is 4.72. The molecule has 28 heavy (non-hydrogen) atoms. The molecule has 0 saturated carbocycles. The van der Waals surface area contributed by atoms with Crippen LogP contribution in [0.5, 0.6) is 0 Å². The minimum atomic E-state index is -4.88. The van der Waals surface area contributed by atoms with Crippen LogP contribution in [0.15, 0.2) is 35.7 Å². The first-order valence-corrected chi connectivity index (χ1v) is 8.57. The van der Waals surface area contributed by atoms with E-state index in [0.29, 0.717) is 20.6 Å². The van der Waals surface area contributed by atoms with Gasteiger partial charge in [0.25, 0.3) is 0 Å². The first-order chi connectivity index (χ1) is 13.2. The van der Waals surface area contributed by atoms with E-state index in [1.54, 1.807) is 23.6 Å². The Morgan fingerprint density at radius 1 is 1.25 bits per heavy atom. The topological polar surface area (TPSA) is 70.4 Å². The summed E-state index contributed by atoms with van der Waals surface area (Å²) in [5.41, 5.74) is -1.64. The fourth-order valence-corrected chi connectivity index (χ4v) is 3.89. The third kappa shape index (κ3) is 3.02. The second kappa shape index (κ2) is 6.87. The maximum absolute atomic E-state index is 13.4. The van der Waals surface area contributed by atoms with Crippen molar-refractivity contribution in [3.63, 3.8) is 0 Å². The lowest BCUT2D eigenvalue weighted by Crippen LogP contribution is -2.14. The normalized spacial score (nSPS) is 11.1. The van der Waals surface area contributed by atoms with Crippen LogP contribution in [-0.4, -0.2) is 15.6 Å². The van der Waals surface area contributed by atoms with Gasteiger partial charge in [0.1, 0.15) is 17.5 Å². The SMILES string of the molecule is [C-]#[N+]c1c(-c2ccc(-c3sccc3C#N)cc2)c(C(=O)O)n(C)c1C(F)(F)F. The molecule has 0 atom stereocenters. The van der Waals surface area contributed by atoms with Gasteiger partial charge in [0.15, 0.2) is 0 Å². The van der Waals surface area contributed by atoms with Gasteiger partial charge in [-0.1, -0.05) is 24.3 Å². The summed E-state index contributed by atoms with van der Waals surface area (Å²) in [6, 6.07) is 9.78. The Balaban J connectivity index is 2.23. The molecule has 0 radical (unpaired) electrons. The Morgan fingerprint density at radius 2 is 1.86 bits per heavy atom. The van der Waals surface area contributed by atoms with Crippen molar-refractivity contribution >= 4 is 23.0 Å². The quantitative estimate of drug-likeness (QED) is 0.584. The highest BCUT2D eigenvalue weighted by molar-refractivity contribution is 7.13. The van der Waals surface area contributed by atoms with Crippen LogP contribution in [0.2, 0.25) is 0 Å². The number of carboxylic acids is 1. The number of hydrogen-bond donors (Lipinski definition) is 1. The summed E-state index contributed by atoms with van der Waals surface area (Å²) in [6.07, 6.45) is -4.88. The van der Waals surface area contributed by atoms with E-state index < -0.39 is 29.2 Å². The number of rotatable bonds is 3. The van der Waals surface area contributed by atoms with Crippen molar-refractivity contribution in [1.29, 1.82) is 5.26 Å². The van der Waals surface area contributed by atoms with Crippen LogP contribution in [0.1, 0.15) is 21.7 Å². The van der Waals surface area contributed by atoms with Gasteiger partial charge < -0.3 is 9.67 Å². The fourth-order valence-electron chi connectivity index (χ4n) is 3.04. The molecule has 0 amide bonds. The van der Waals surface area contributed by atoms with Crippen LogP contribution < -0.4 is 0 Å². The fraction of sp³-hybridized carbons (Fsp3) is 0.105. The van der Waals surface area contributed by atoms with Crippen molar-refractivity contribution in [2.75, 3.05) is 0 Å². The molecule has 3 aromatic rings. The summed E-state index contributed by atoms with van der Waals surface area (Å²) in [7, 11) is 0.976. The minimum Gasteiger partial charge on any atom is -0.477 e. The number of benzene rings is 1. The summed E-state index contributed by atoms with van der Waals surface area (Å²) in [5.74, 6) is -1.56. The summed E-state index contributed by atoms with van der Waals surface area (Å²) in [4.78, 5) is 15.3. The molecule has 140 valence electrons. The van der Waals surface area contributed by atoms with Crippen LogP contribution in [0.25, 0.3) is 26.4 Å². The maximum Gasteiger partial charge on any atom is 0.421 e. The second-order valence-corrected chi connectivity index (χ2v) is 6.66. The van der Waals surface area contributed by atoms with Gasteiger partial charge in [-0.25, -0.2) is 9.64 Å². The smallest absolute Gasteiger partial charge is 0.421 e. The molecule has 0 fully saturated rings. The molecule has 0 aliphatic carbocycles. The van der Waals surface area contributed by atoms with E-state index in [1.807, 2.05) is 0 Å². The molecule has 0 bridgehead atoms. The van der Waals surface area contributed by atoms with Crippen molar-refractivity contribution < 1.29 is 23.1 Å². The molecule has 2 aromatic heterocycles. The number of nitrogens with zero attached hydrogens (tertiary/aromatic N) is 3. The van der Waals surface area contributed by atoms with Gasteiger partial charge in [-0.15, -0.1) is 11.3 Å². The molecule has 0 saturated heterocycles. The van der Waals surface area contributed by atoms with E-state index in [0.717, 1.165) is 7.05 Å². The first-order valence-electron chi connectivity index (χ1n) is 7.69. The molecule has 1 aromatic carbocycles. The zero-order valence-electron chi connectivity index (χ0n) is 14.2. The summed E-state index contributed by atoms with van der Waals surface area (Å²) in [5, 5.41) is 20.3. The summed E-state index contributed by atoms with van der Waals surface area (Å²) < 4.78 is 40.7. The standard InChI is InChI=1S/C19H10F3N3O2S/c1-24-14-13(15(18(26)27)25(2)17(14)19(20,21)22)10-3-5-11(6-4-10)16-12(9-23)7-8-28-16/h3-8H,2H3,(H,26,27). The van der Waals surface area contributed by atoms with E-state index >= 15 is 0 Å². The number of thiophene rings is 1. The van der Waals surface area contributed by atoms with Crippen LogP contribution in [0.4, 0.5) is 18.9 Å². The van der Waals surface area contributed by atoms with Crippen LogP contribution in [0.3, 0.4) is 0 Å². The molecule has 5 nitrogen and oxygen atoms in total. The lowest BCUT2D eigenvalue weighted by molar-refractivity contribution is -0.142. The molecule has 0 unspecified atom stereocenters. The highest BCUT2D eigenvalue weighted by atomic mass is 32.1. The third-order valence-corrected chi connectivity index (χ3v) is 5.14. The van der Waals surface area contributed by atoms with Crippen molar-refractivity contribution in [3.8, 4) is 27.6 Å². The number of halogens is 3. The van der Waals surface area contributed by atoms with Crippen molar-refractivity contribution in [2.45, 2.75) is 6.18 Å². The average Bonchev–Trinajstić information content (AvgIpc) is 3.22. The number of alkyl halides is 3. The molecule has 3 rings (SSSR count). The van der Waals surface area contributed by atoms with Crippen LogP contribution >= 0.6 is 11.3 Å². The zero-order valence-corrected chi connectivity index (χ0v) is 15.0. The van der Waals surface area contributed by atoms with Crippen LogP contribution in [0, 0.1) is 17.9 Å². The van der Waals surface area contributed by atoms with E-state index in [4.69, 9.17) is 11.8 Å². The molecule has 1 N–H and O–H groups in total. The van der Waals surface area contributed by atoms with Crippen molar-refractivity contribution in [3.05, 3.63) is 64.1 Å². The van der Waals surface area contributed by atoms with Gasteiger partial charge in [-0.05, 0) is 22.6 Å². The van der Waals surface area contributed by atoms with Crippen molar-refractivity contribution in [1.82, 2.24) is 4.57 Å². The molecular formula is C19H10F3N3O2S. The number of nitriles is 1. The highest BCUT2D eigenvalue weighted by Gasteiger charge is 2.41. The number of aromatic carboxylic acids is 1. The summed E-state index contributed by atoms with van der Waals surface area (Å²) >= 11 is 1.34. The van der Waals surface area contributed by atoms with Crippen LogP contribution in [-0.2, 0) is 13.2 Å². The van der Waals surface area contributed by atoms with E-state index in [1.165, 1.54) is 23.5 Å². The van der Waals surface area contributed by atoms with E-state index in [2.05, 4.69) is 10.9 Å². The van der Waals surface area contributed by atoms with Gasteiger partial charge in [0, 0.05) is 12.6 Å². The predicted molar refractivity (Wildman–Crippen MR) is 97.1 cm³/mol. The van der Waals surface area contributed by atoms with Crippen molar-refractivity contribution in [2.24, 2.45) is 7.05 Å². The largest absolute Gasteiger partial charge is 0.477 e. The van der Waals surface area contributed by atoms with Gasteiger partial charge in [-0.2, -0.15) is 18.4 Å². The molecule has 0 aliphatic rings. The number of hydrogen-bond acceptors (Lipinski definition) is 3. The zero-order chi connectivity index (χ0) is 20.6. The lowest BCUT2D eigenvalue weighted by Gasteiger charge is -2.09. The van der Waals surface area contributed by atoms with E-state index in [-0.39, 0.29) is 11.1 Å². The van der Waals surface area contributed by atoms with Gasteiger partial charge in [0.05, 0.1) is 17.0 Å².